The summed E-state index contributed by atoms with van der Waals surface area (Å²) in [7, 11) is 0. The molecule has 3 N–H and O–H groups in total. The number of alkyl halides is 3. The van der Waals surface area contributed by atoms with Gasteiger partial charge in [0, 0.05) is 29.4 Å². The first-order valence-electron chi connectivity index (χ1n) is 9.25. The van der Waals surface area contributed by atoms with Crippen LogP contribution < -0.4 is 15.8 Å². The molecule has 0 fully saturated rings. The molecule has 0 bridgehead atoms. The molecule has 31 heavy (non-hydrogen) atoms. The van der Waals surface area contributed by atoms with Gasteiger partial charge < -0.3 is 15.8 Å². The number of nitrogens with zero attached hydrogens (tertiary/aromatic N) is 1. The van der Waals surface area contributed by atoms with E-state index in [1.165, 1.54) is 18.3 Å². The van der Waals surface area contributed by atoms with E-state index in [9.17, 15) is 22.8 Å². The van der Waals surface area contributed by atoms with Gasteiger partial charge in [-0.2, -0.15) is 13.2 Å². The quantitative estimate of drug-likeness (QED) is 0.662. The number of fused-ring (bicyclic) bond motifs is 1. The number of benzene rings is 2. The molecule has 0 aliphatic carbocycles. The lowest BCUT2D eigenvalue weighted by molar-refractivity contribution is -0.137. The maximum Gasteiger partial charge on any atom is 0.416 e. The monoisotopic (exact) mass is 427 g/mol. The van der Waals surface area contributed by atoms with Crippen LogP contribution in [-0.4, -0.2) is 22.9 Å². The van der Waals surface area contributed by atoms with Crippen LogP contribution in [-0.2, 0) is 17.4 Å². The Morgan fingerprint density at radius 2 is 1.87 bits per heavy atom. The van der Waals surface area contributed by atoms with E-state index in [1.54, 1.807) is 30.3 Å². The molecular weight excluding hydrogens is 411 g/mol. The van der Waals surface area contributed by atoms with Crippen molar-refractivity contribution in [2.45, 2.75) is 18.7 Å². The van der Waals surface area contributed by atoms with Gasteiger partial charge in [-0.05, 0) is 47.5 Å². The van der Waals surface area contributed by atoms with E-state index in [2.05, 4.69) is 10.3 Å². The third-order valence-electron chi connectivity index (χ3n) is 4.87. The van der Waals surface area contributed by atoms with Gasteiger partial charge in [0.15, 0.2) is 6.10 Å². The van der Waals surface area contributed by atoms with Gasteiger partial charge in [0.05, 0.1) is 5.56 Å². The highest BCUT2D eigenvalue weighted by atomic mass is 19.4. The minimum Gasteiger partial charge on any atom is -0.464 e. The lowest BCUT2D eigenvalue weighted by Gasteiger charge is -2.12. The summed E-state index contributed by atoms with van der Waals surface area (Å²) in [6.07, 6.45) is -3.79. The number of nitrogens with two attached hydrogens (primary N) is 1. The summed E-state index contributed by atoms with van der Waals surface area (Å²) in [5, 5.41) is 2.46. The predicted octanol–water partition coefficient (Wildman–Crippen LogP) is 3.81. The van der Waals surface area contributed by atoms with Crippen LogP contribution in [0.2, 0.25) is 0 Å². The maximum atomic E-state index is 12.9. The molecular formula is C22H16F3N3O3. The Morgan fingerprint density at radius 3 is 2.61 bits per heavy atom. The van der Waals surface area contributed by atoms with Crippen LogP contribution in [0.4, 0.5) is 18.9 Å². The number of anilines is 1. The lowest BCUT2D eigenvalue weighted by atomic mass is 9.97. The Bertz CT molecular complexity index is 1180. The molecule has 1 atom stereocenters. The third-order valence-corrected chi connectivity index (χ3v) is 4.87. The van der Waals surface area contributed by atoms with E-state index >= 15 is 0 Å². The fourth-order valence-corrected chi connectivity index (χ4v) is 3.39. The molecule has 2 amide bonds. The molecule has 0 saturated heterocycles. The van der Waals surface area contributed by atoms with Gasteiger partial charge in [0.1, 0.15) is 0 Å². The molecule has 4 rings (SSSR count). The van der Waals surface area contributed by atoms with Crippen molar-refractivity contribution >= 4 is 17.5 Å². The number of carbonyl (C=O) groups excluding carboxylic acids is 2. The summed E-state index contributed by atoms with van der Waals surface area (Å²) in [6, 6.07) is 12.8. The number of rotatable bonds is 4. The Morgan fingerprint density at radius 1 is 1.10 bits per heavy atom. The highest BCUT2D eigenvalue weighted by Gasteiger charge is 2.33. The SMILES string of the molecule is NC(=O)c1cccc(-c2ccnc3c2CC(C(=O)Nc2cccc(C(F)(F)F)c2)O3)c1. The Balaban J connectivity index is 1.56. The second kappa shape index (κ2) is 7.75. The summed E-state index contributed by atoms with van der Waals surface area (Å²) in [5.41, 5.74) is 6.93. The number of halogens is 3. The highest BCUT2D eigenvalue weighted by molar-refractivity contribution is 5.96. The minimum absolute atomic E-state index is 0.0155. The Labute approximate surface area is 174 Å². The molecule has 0 radical (unpaired) electrons. The maximum absolute atomic E-state index is 12.9. The first-order chi connectivity index (χ1) is 14.7. The number of nitrogens with one attached hydrogen (secondary N) is 1. The second-order valence-electron chi connectivity index (χ2n) is 6.97. The molecule has 6 nitrogen and oxygen atoms in total. The van der Waals surface area contributed by atoms with Crippen molar-refractivity contribution in [2.75, 3.05) is 5.32 Å². The summed E-state index contributed by atoms with van der Waals surface area (Å²) in [5.74, 6) is -0.900. The van der Waals surface area contributed by atoms with Crippen LogP contribution in [0.25, 0.3) is 11.1 Å². The van der Waals surface area contributed by atoms with E-state index < -0.39 is 29.7 Å². The van der Waals surface area contributed by atoms with E-state index in [-0.39, 0.29) is 18.0 Å². The van der Waals surface area contributed by atoms with Crippen molar-refractivity contribution in [3.8, 4) is 17.0 Å². The number of primary amides is 1. The summed E-state index contributed by atoms with van der Waals surface area (Å²) in [6.45, 7) is 0. The zero-order chi connectivity index (χ0) is 22.2. The van der Waals surface area contributed by atoms with E-state index in [0.29, 0.717) is 16.7 Å². The topological polar surface area (TPSA) is 94.3 Å². The van der Waals surface area contributed by atoms with Crippen LogP contribution in [0.15, 0.2) is 60.8 Å². The van der Waals surface area contributed by atoms with Crippen molar-refractivity contribution < 1.29 is 27.5 Å². The van der Waals surface area contributed by atoms with Gasteiger partial charge in [-0.1, -0.05) is 18.2 Å². The Hall–Kier alpha value is -3.88. The first-order valence-corrected chi connectivity index (χ1v) is 9.25. The molecule has 1 aromatic heterocycles. The highest BCUT2D eigenvalue weighted by Crippen LogP contribution is 2.36. The number of ether oxygens (including phenoxy) is 1. The predicted molar refractivity (Wildman–Crippen MR) is 106 cm³/mol. The van der Waals surface area contributed by atoms with Crippen molar-refractivity contribution in [2.24, 2.45) is 5.73 Å². The molecule has 0 saturated carbocycles. The van der Waals surface area contributed by atoms with Gasteiger partial charge in [-0.25, -0.2) is 4.98 Å². The van der Waals surface area contributed by atoms with Gasteiger partial charge in [0.25, 0.3) is 5.91 Å². The van der Waals surface area contributed by atoms with Gasteiger partial charge in [-0.15, -0.1) is 0 Å². The van der Waals surface area contributed by atoms with E-state index in [1.807, 2.05) is 0 Å². The average molecular weight is 427 g/mol. The van der Waals surface area contributed by atoms with Crippen molar-refractivity contribution in [3.63, 3.8) is 0 Å². The van der Waals surface area contributed by atoms with Crippen LogP contribution in [0.5, 0.6) is 5.88 Å². The zero-order valence-corrected chi connectivity index (χ0v) is 15.9. The number of pyridine rings is 1. The number of hydrogen-bond acceptors (Lipinski definition) is 4. The lowest BCUT2D eigenvalue weighted by Crippen LogP contribution is -2.31. The second-order valence-corrected chi connectivity index (χ2v) is 6.97. The molecule has 1 unspecified atom stereocenters. The number of aromatic nitrogens is 1. The molecule has 158 valence electrons. The van der Waals surface area contributed by atoms with Crippen LogP contribution in [0.1, 0.15) is 21.5 Å². The molecule has 9 heteroatoms. The van der Waals surface area contributed by atoms with Crippen LogP contribution >= 0.6 is 0 Å². The van der Waals surface area contributed by atoms with Gasteiger partial charge in [-0.3, -0.25) is 9.59 Å². The Kier molecular flexibility index (Phi) is 5.10. The van der Waals surface area contributed by atoms with Crippen molar-refractivity contribution in [3.05, 3.63) is 77.5 Å². The molecule has 2 aromatic carbocycles. The van der Waals surface area contributed by atoms with Gasteiger partial charge >= 0.3 is 6.18 Å². The summed E-state index contributed by atoms with van der Waals surface area (Å²) < 4.78 is 44.3. The van der Waals surface area contributed by atoms with E-state index in [4.69, 9.17) is 10.5 Å². The number of carbonyl (C=O) groups is 2. The first kappa shape index (κ1) is 20.4. The largest absolute Gasteiger partial charge is 0.464 e. The molecule has 1 aliphatic heterocycles. The average Bonchev–Trinajstić information content (AvgIpc) is 3.18. The molecule has 0 spiro atoms. The zero-order valence-electron chi connectivity index (χ0n) is 15.9. The number of hydrogen-bond donors (Lipinski definition) is 2. The van der Waals surface area contributed by atoms with E-state index in [0.717, 1.165) is 17.7 Å². The van der Waals surface area contributed by atoms with Crippen LogP contribution in [0.3, 0.4) is 0 Å². The normalized spacial score (nSPS) is 15.1. The molecule has 2 heterocycles. The fraction of sp³-hybridized carbons (Fsp3) is 0.136. The smallest absolute Gasteiger partial charge is 0.416 e. The molecule has 3 aromatic rings. The fourth-order valence-electron chi connectivity index (χ4n) is 3.39. The standard InChI is InChI=1S/C22H16F3N3O3/c23-22(24,25)14-5-2-6-15(10-14)28-20(30)18-11-17-16(7-8-27-21(17)31-18)12-3-1-4-13(9-12)19(26)29/h1-10,18H,11H2,(H2,26,29)(H,28,30). The van der Waals surface area contributed by atoms with Crippen molar-refractivity contribution in [1.29, 1.82) is 0 Å². The molecule has 1 aliphatic rings. The summed E-state index contributed by atoms with van der Waals surface area (Å²) >= 11 is 0. The van der Waals surface area contributed by atoms with Crippen LogP contribution in [0, 0.1) is 0 Å². The third kappa shape index (κ3) is 4.20. The number of amides is 2. The summed E-state index contributed by atoms with van der Waals surface area (Å²) in [4.78, 5) is 28.3. The van der Waals surface area contributed by atoms with Crippen molar-refractivity contribution in [1.82, 2.24) is 4.98 Å². The minimum atomic E-state index is -4.51. The van der Waals surface area contributed by atoms with Gasteiger partial charge in [0.2, 0.25) is 11.8 Å².